The predicted octanol–water partition coefficient (Wildman–Crippen LogP) is 2.56. The van der Waals surface area contributed by atoms with Crippen molar-refractivity contribution in [3.63, 3.8) is 0 Å². The van der Waals surface area contributed by atoms with Crippen molar-refractivity contribution in [3.8, 4) is 0 Å². The molecule has 1 aliphatic rings. The topological polar surface area (TPSA) is 40.5 Å². The molecule has 0 bridgehead atoms. The lowest BCUT2D eigenvalue weighted by molar-refractivity contribution is 0.0620. The number of nitrogens with zero attached hydrogens (tertiary/aromatic N) is 1. The molecule has 1 amide bonds. The van der Waals surface area contributed by atoms with Crippen LogP contribution in [0, 0.1) is 12.8 Å². The highest BCUT2D eigenvalue weighted by atomic mass is 32.2. The van der Waals surface area contributed by atoms with Crippen molar-refractivity contribution >= 4 is 17.7 Å². The van der Waals surface area contributed by atoms with Gasteiger partial charge >= 0.3 is 0 Å². The van der Waals surface area contributed by atoms with Gasteiger partial charge in [0.25, 0.3) is 5.91 Å². The highest BCUT2D eigenvalue weighted by Gasteiger charge is 2.24. The third-order valence-electron chi connectivity index (χ3n) is 3.74. The van der Waals surface area contributed by atoms with Crippen LogP contribution in [0.15, 0.2) is 23.1 Å². The average Bonchev–Trinajstić information content (AvgIpc) is 2.47. The van der Waals surface area contributed by atoms with Crippen molar-refractivity contribution in [2.45, 2.75) is 24.7 Å². The van der Waals surface area contributed by atoms with Gasteiger partial charge in [-0.05, 0) is 49.6 Å². The van der Waals surface area contributed by atoms with Crippen LogP contribution in [0.3, 0.4) is 0 Å². The minimum atomic E-state index is 0.103. The fourth-order valence-electron chi connectivity index (χ4n) is 2.53. The van der Waals surface area contributed by atoms with Gasteiger partial charge in [-0.25, -0.2) is 0 Å². The van der Waals surface area contributed by atoms with E-state index in [-0.39, 0.29) is 18.4 Å². The number of aliphatic hydroxyl groups is 1. The Balaban J connectivity index is 2.18. The van der Waals surface area contributed by atoms with E-state index in [9.17, 15) is 9.90 Å². The zero-order valence-corrected chi connectivity index (χ0v) is 12.4. The number of hydrogen-bond donors (Lipinski definition) is 1. The Morgan fingerprint density at radius 2 is 2.32 bits per heavy atom. The third-order valence-corrected chi connectivity index (χ3v) is 4.46. The molecule has 19 heavy (non-hydrogen) atoms. The molecule has 1 N–H and O–H groups in total. The molecule has 0 radical (unpaired) electrons. The molecule has 104 valence electrons. The first-order chi connectivity index (χ1) is 9.15. The normalized spacial score (nSPS) is 19.5. The smallest absolute Gasteiger partial charge is 0.254 e. The van der Waals surface area contributed by atoms with E-state index in [0.717, 1.165) is 35.4 Å². The Labute approximate surface area is 119 Å². The SMILES string of the molecule is CSc1ccc(C)c(C(=O)N2CCCC(CO)C2)c1. The summed E-state index contributed by atoms with van der Waals surface area (Å²) in [7, 11) is 0. The first-order valence-electron chi connectivity index (χ1n) is 6.70. The summed E-state index contributed by atoms with van der Waals surface area (Å²) in [4.78, 5) is 15.6. The Kier molecular flexibility index (Phi) is 4.88. The van der Waals surface area contributed by atoms with Crippen LogP contribution in [-0.2, 0) is 0 Å². The van der Waals surface area contributed by atoms with Crippen LogP contribution < -0.4 is 0 Å². The van der Waals surface area contributed by atoms with Crippen LogP contribution in [0.4, 0.5) is 0 Å². The van der Waals surface area contributed by atoms with Gasteiger partial charge in [0.2, 0.25) is 0 Å². The lowest BCUT2D eigenvalue weighted by atomic mass is 9.97. The van der Waals surface area contributed by atoms with E-state index in [1.54, 1.807) is 11.8 Å². The highest BCUT2D eigenvalue weighted by molar-refractivity contribution is 7.98. The van der Waals surface area contributed by atoms with E-state index in [2.05, 4.69) is 0 Å². The second-order valence-corrected chi connectivity index (χ2v) is 6.00. The number of piperidine rings is 1. The summed E-state index contributed by atoms with van der Waals surface area (Å²) < 4.78 is 0. The number of likely N-dealkylation sites (tertiary alicyclic amines) is 1. The van der Waals surface area contributed by atoms with Gasteiger partial charge < -0.3 is 10.0 Å². The van der Waals surface area contributed by atoms with E-state index in [1.807, 2.05) is 36.3 Å². The summed E-state index contributed by atoms with van der Waals surface area (Å²) in [6, 6.07) is 6.03. The molecule has 1 aromatic carbocycles. The zero-order chi connectivity index (χ0) is 13.8. The van der Waals surface area contributed by atoms with E-state index < -0.39 is 0 Å². The van der Waals surface area contributed by atoms with Gasteiger partial charge in [0, 0.05) is 30.2 Å². The maximum atomic E-state index is 12.6. The first kappa shape index (κ1) is 14.4. The summed E-state index contributed by atoms with van der Waals surface area (Å²) in [5.41, 5.74) is 1.82. The summed E-state index contributed by atoms with van der Waals surface area (Å²) in [5, 5.41) is 9.26. The summed E-state index contributed by atoms with van der Waals surface area (Å²) >= 11 is 1.65. The molecular weight excluding hydrogens is 258 g/mol. The van der Waals surface area contributed by atoms with E-state index >= 15 is 0 Å². The minimum Gasteiger partial charge on any atom is -0.396 e. The standard InChI is InChI=1S/C15H21NO2S/c1-11-5-6-13(19-2)8-14(11)15(18)16-7-3-4-12(9-16)10-17/h5-6,8,12,17H,3-4,7,9-10H2,1-2H3. The minimum absolute atomic E-state index is 0.103. The quantitative estimate of drug-likeness (QED) is 0.865. The van der Waals surface area contributed by atoms with Crippen LogP contribution in [0.1, 0.15) is 28.8 Å². The number of benzene rings is 1. The Morgan fingerprint density at radius 3 is 3.00 bits per heavy atom. The van der Waals surface area contributed by atoms with Crippen molar-refractivity contribution in [2.75, 3.05) is 26.0 Å². The van der Waals surface area contributed by atoms with Crippen molar-refractivity contribution in [1.29, 1.82) is 0 Å². The van der Waals surface area contributed by atoms with Crippen molar-refractivity contribution < 1.29 is 9.90 Å². The largest absolute Gasteiger partial charge is 0.396 e. The number of amides is 1. The molecule has 1 aliphatic heterocycles. The Bertz CT molecular complexity index is 461. The predicted molar refractivity (Wildman–Crippen MR) is 78.7 cm³/mol. The van der Waals surface area contributed by atoms with Gasteiger partial charge in [-0.1, -0.05) is 6.07 Å². The molecule has 1 fully saturated rings. The van der Waals surface area contributed by atoms with Gasteiger partial charge in [-0.15, -0.1) is 11.8 Å². The summed E-state index contributed by atoms with van der Waals surface area (Å²) in [6.07, 6.45) is 4.02. The zero-order valence-electron chi connectivity index (χ0n) is 11.6. The van der Waals surface area contributed by atoms with Gasteiger partial charge in [0.05, 0.1) is 0 Å². The van der Waals surface area contributed by atoms with Crippen LogP contribution in [0.2, 0.25) is 0 Å². The average molecular weight is 279 g/mol. The van der Waals surface area contributed by atoms with Crippen LogP contribution in [-0.4, -0.2) is 41.9 Å². The van der Waals surface area contributed by atoms with Crippen molar-refractivity contribution in [2.24, 2.45) is 5.92 Å². The molecule has 2 rings (SSSR count). The molecule has 0 aromatic heterocycles. The Morgan fingerprint density at radius 1 is 1.53 bits per heavy atom. The second-order valence-electron chi connectivity index (χ2n) is 5.12. The number of carbonyl (C=O) groups is 1. The molecule has 0 saturated carbocycles. The van der Waals surface area contributed by atoms with Crippen LogP contribution >= 0.6 is 11.8 Å². The molecule has 1 saturated heterocycles. The van der Waals surface area contributed by atoms with Crippen LogP contribution in [0.25, 0.3) is 0 Å². The lowest BCUT2D eigenvalue weighted by Gasteiger charge is -2.32. The summed E-state index contributed by atoms with van der Waals surface area (Å²) in [6.45, 7) is 3.63. The molecule has 0 spiro atoms. The number of aliphatic hydroxyl groups excluding tert-OH is 1. The fourth-order valence-corrected chi connectivity index (χ4v) is 2.97. The van der Waals surface area contributed by atoms with Gasteiger partial charge in [-0.2, -0.15) is 0 Å². The fraction of sp³-hybridized carbons (Fsp3) is 0.533. The first-order valence-corrected chi connectivity index (χ1v) is 7.93. The van der Waals surface area contributed by atoms with Gasteiger partial charge in [-0.3, -0.25) is 4.79 Å². The second kappa shape index (κ2) is 6.44. The van der Waals surface area contributed by atoms with E-state index in [1.165, 1.54) is 0 Å². The molecule has 1 heterocycles. The Hall–Kier alpha value is -1.00. The molecular formula is C15H21NO2S. The number of carbonyl (C=O) groups excluding carboxylic acids is 1. The molecule has 3 nitrogen and oxygen atoms in total. The summed E-state index contributed by atoms with van der Waals surface area (Å²) in [5.74, 6) is 0.341. The maximum Gasteiger partial charge on any atom is 0.254 e. The van der Waals surface area contributed by atoms with E-state index in [0.29, 0.717) is 6.54 Å². The lowest BCUT2D eigenvalue weighted by Crippen LogP contribution is -2.41. The molecule has 1 atom stereocenters. The van der Waals surface area contributed by atoms with Crippen LogP contribution in [0.5, 0.6) is 0 Å². The van der Waals surface area contributed by atoms with Crippen molar-refractivity contribution in [1.82, 2.24) is 4.90 Å². The highest BCUT2D eigenvalue weighted by Crippen LogP contribution is 2.23. The monoisotopic (exact) mass is 279 g/mol. The van der Waals surface area contributed by atoms with E-state index in [4.69, 9.17) is 0 Å². The molecule has 4 heteroatoms. The number of aryl methyl sites for hydroxylation is 1. The van der Waals surface area contributed by atoms with Crippen molar-refractivity contribution in [3.05, 3.63) is 29.3 Å². The maximum absolute atomic E-state index is 12.6. The molecule has 1 aromatic rings. The molecule has 1 unspecified atom stereocenters. The molecule has 0 aliphatic carbocycles. The number of thioether (sulfide) groups is 1. The third kappa shape index (κ3) is 3.31. The van der Waals surface area contributed by atoms with Gasteiger partial charge in [0.1, 0.15) is 0 Å². The number of rotatable bonds is 3. The van der Waals surface area contributed by atoms with Gasteiger partial charge in [0.15, 0.2) is 0 Å². The number of hydrogen-bond acceptors (Lipinski definition) is 3.